The largest absolute Gasteiger partial charge is 0.493 e. The summed E-state index contributed by atoms with van der Waals surface area (Å²) in [5.74, 6) is 2.76. The molecule has 1 aromatic carbocycles. The van der Waals surface area contributed by atoms with Gasteiger partial charge in [-0.2, -0.15) is 11.8 Å². The Hall–Kier alpha value is -1.03. The van der Waals surface area contributed by atoms with Gasteiger partial charge in [0, 0.05) is 18.3 Å². The third-order valence-corrected chi connectivity index (χ3v) is 3.01. The molecule has 0 spiro atoms. The average Bonchev–Trinajstić information content (AvgIpc) is 2.36. The quantitative estimate of drug-likeness (QED) is 0.722. The lowest BCUT2D eigenvalue weighted by Crippen LogP contribution is -2.03. The Labute approximate surface area is 108 Å². The summed E-state index contributed by atoms with van der Waals surface area (Å²) in [5, 5.41) is 3.37. The first-order valence-electron chi connectivity index (χ1n) is 5.85. The van der Waals surface area contributed by atoms with E-state index in [9.17, 15) is 0 Å². The van der Waals surface area contributed by atoms with Crippen molar-refractivity contribution >= 4 is 17.4 Å². The fourth-order valence-electron chi connectivity index (χ4n) is 1.50. The minimum absolute atomic E-state index is 0.650. The van der Waals surface area contributed by atoms with Crippen molar-refractivity contribution in [1.82, 2.24) is 0 Å². The third-order valence-electron chi connectivity index (χ3n) is 2.32. The summed E-state index contributed by atoms with van der Waals surface area (Å²) >= 11 is 1.87. The molecule has 4 heteroatoms. The minimum Gasteiger partial charge on any atom is -0.493 e. The highest BCUT2D eigenvalue weighted by molar-refractivity contribution is 7.98. The van der Waals surface area contributed by atoms with Crippen molar-refractivity contribution < 1.29 is 9.47 Å². The van der Waals surface area contributed by atoms with Gasteiger partial charge in [0.1, 0.15) is 0 Å². The zero-order valence-corrected chi connectivity index (χ0v) is 11.6. The molecule has 17 heavy (non-hydrogen) atoms. The molecule has 0 bridgehead atoms. The van der Waals surface area contributed by atoms with Gasteiger partial charge in [0.15, 0.2) is 11.5 Å². The van der Waals surface area contributed by atoms with E-state index >= 15 is 0 Å². The van der Waals surface area contributed by atoms with Crippen molar-refractivity contribution in [2.45, 2.75) is 13.3 Å². The van der Waals surface area contributed by atoms with Crippen LogP contribution in [-0.2, 0) is 0 Å². The average molecular weight is 255 g/mol. The highest BCUT2D eigenvalue weighted by atomic mass is 32.2. The molecule has 0 radical (unpaired) electrons. The molecule has 0 saturated carbocycles. The highest BCUT2D eigenvalue weighted by Crippen LogP contribution is 2.30. The molecule has 1 N–H and O–H groups in total. The second-order valence-corrected chi connectivity index (χ2v) is 4.56. The van der Waals surface area contributed by atoms with E-state index in [1.807, 2.05) is 36.9 Å². The van der Waals surface area contributed by atoms with Gasteiger partial charge >= 0.3 is 0 Å². The summed E-state index contributed by atoms with van der Waals surface area (Å²) in [5.41, 5.74) is 1.08. The maximum absolute atomic E-state index is 5.47. The van der Waals surface area contributed by atoms with E-state index in [1.165, 1.54) is 5.75 Å². The van der Waals surface area contributed by atoms with Crippen molar-refractivity contribution in [3.63, 3.8) is 0 Å². The van der Waals surface area contributed by atoms with E-state index in [0.717, 1.165) is 30.2 Å². The van der Waals surface area contributed by atoms with Crippen molar-refractivity contribution in [3.05, 3.63) is 18.2 Å². The molecule has 0 aliphatic heterocycles. The zero-order chi connectivity index (χ0) is 12.5. The predicted octanol–water partition coefficient (Wildman–Crippen LogP) is 3.26. The van der Waals surface area contributed by atoms with Crippen LogP contribution in [0, 0.1) is 0 Å². The smallest absolute Gasteiger partial charge is 0.162 e. The van der Waals surface area contributed by atoms with Gasteiger partial charge in [0.25, 0.3) is 0 Å². The summed E-state index contributed by atoms with van der Waals surface area (Å²) in [6, 6.07) is 5.94. The maximum atomic E-state index is 5.47. The Morgan fingerprint density at radius 3 is 2.76 bits per heavy atom. The van der Waals surface area contributed by atoms with Gasteiger partial charge < -0.3 is 14.8 Å². The number of rotatable bonds is 8. The second-order valence-electron chi connectivity index (χ2n) is 3.57. The molecule has 96 valence electrons. The van der Waals surface area contributed by atoms with Crippen molar-refractivity contribution in [1.29, 1.82) is 0 Å². The number of ether oxygens (including phenoxy) is 2. The lowest BCUT2D eigenvalue weighted by Gasteiger charge is -2.12. The topological polar surface area (TPSA) is 30.5 Å². The summed E-state index contributed by atoms with van der Waals surface area (Å²) in [7, 11) is 1.66. The highest BCUT2D eigenvalue weighted by Gasteiger charge is 2.04. The number of hydrogen-bond acceptors (Lipinski definition) is 4. The van der Waals surface area contributed by atoms with Crippen LogP contribution in [0.1, 0.15) is 13.3 Å². The molecule has 0 aromatic heterocycles. The third kappa shape index (κ3) is 4.77. The molecular formula is C13H21NO2S. The standard InChI is InChI=1S/C13H21NO2S/c1-4-16-12-7-6-11(10-13(12)15-2)14-8-5-9-17-3/h6-7,10,14H,4-5,8-9H2,1-3H3. The van der Waals surface area contributed by atoms with Gasteiger partial charge in [0.05, 0.1) is 13.7 Å². The van der Waals surface area contributed by atoms with Gasteiger partial charge in [-0.05, 0) is 37.5 Å². The van der Waals surface area contributed by atoms with Crippen LogP contribution >= 0.6 is 11.8 Å². The van der Waals surface area contributed by atoms with Crippen LogP contribution in [0.5, 0.6) is 11.5 Å². The van der Waals surface area contributed by atoms with Crippen LogP contribution < -0.4 is 14.8 Å². The SMILES string of the molecule is CCOc1ccc(NCCCSC)cc1OC. The second kappa shape index (κ2) is 8.12. The molecule has 0 unspecified atom stereocenters. The molecule has 0 aliphatic rings. The molecule has 0 amide bonds. The Bertz CT molecular complexity index is 331. The Morgan fingerprint density at radius 2 is 2.12 bits per heavy atom. The van der Waals surface area contributed by atoms with Crippen LogP contribution in [0.25, 0.3) is 0 Å². The van der Waals surface area contributed by atoms with Crippen molar-refractivity contribution in [2.24, 2.45) is 0 Å². The van der Waals surface area contributed by atoms with Crippen LogP contribution in [-0.4, -0.2) is 32.3 Å². The number of benzene rings is 1. The van der Waals surface area contributed by atoms with Crippen LogP contribution in [0.3, 0.4) is 0 Å². The lowest BCUT2D eigenvalue weighted by atomic mass is 10.2. The maximum Gasteiger partial charge on any atom is 0.162 e. The number of anilines is 1. The van der Waals surface area contributed by atoms with Gasteiger partial charge in [-0.15, -0.1) is 0 Å². The van der Waals surface area contributed by atoms with E-state index in [0.29, 0.717) is 6.61 Å². The first kappa shape index (κ1) is 14.0. The molecule has 1 rings (SSSR count). The monoisotopic (exact) mass is 255 g/mol. The van der Waals surface area contributed by atoms with Crippen molar-refractivity contribution in [3.8, 4) is 11.5 Å². The van der Waals surface area contributed by atoms with E-state index in [2.05, 4.69) is 11.6 Å². The first-order chi connectivity index (χ1) is 8.31. The van der Waals surface area contributed by atoms with Crippen LogP contribution in [0.15, 0.2) is 18.2 Å². The van der Waals surface area contributed by atoms with Crippen molar-refractivity contribution in [2.75, 3.05) is 37.6 Å². The number of hydrogen-bond donors (Lipinski definition) is 1. The molecule has 0 heterocycles. The normalized spacial score (nSPS) is 10.1. The molecule has 0 saturated heterocycles. The molecular weight excluding hydrogens is 234 g/mol. The Morgan fingerprint density at radius 1 is 1.29 bits per heavy atom. The molecule has 3 nitrogen and oxygen atoms in total. The van der Waals surface area contributed by atoms with E-state index < -0.39 is 0 Å². The Kier molecular flexibility index (Phi) is 6.70. The van der Waals surface area contributed by atoms with Gasteiger partial charge in [-0.25, -0.2) is 0 Å². The number of methoxy groups -OCH3 is 1. The van der Waals surface area contributed by atoms with Crippen LogP contribution in [0.4, 0.5) is 5.69 Å². The fraction of sp³-hybridized carbons (Fsp3) is 0.538. The lowest BCUT2D eigenvalue weighted by molar-refractivity contribution is 0.311. The van der Waals surface area contributed by atoms with E-state index in [1.54, 1.807) is 7.11 Å². The predicted molar refractivity (Wildman–Crippen MR) is 75.7 cm³/mol. The number of nitrogens with one attached hydrogen (secondary N) is 1. The first-order valence-corrected chi connectivity index (χ1v) is 7.24. The van der Waals surface area contributed by atoms with E-state index in [-0.39, 0.29) is 0 Å². The number of thioether (sulfide) groups is 1. The van der Waals surface area contributed by atoms with Gasteiger partial charge in [0.2, 0.25) is 0 Å². The molecule has 0 fully saturated rings. The zero-order valence-electron chi connectivity index (χ0n) is 10.8. The van der Waals surface area contributed by atoms with Gasteiger partial charge in [-0.1, -0.05) is 0 Å². The molecule has 0 aliphatic carbocycles. The fourth-order valence-corrected chi connectivity index (χ4v) is 1.93. The minimum atomic E-state index is 0.650. The summed E-state index contributed by atoms with van der Waals surface area (Å²) in [6.45, 7) is 3.60. The molecule has 0 atom stereocenters. The van der Waals surface area contributed by atoms with Crippen LogP contribution in [0.2, 0.25) is 0 Å². The Balaban J connectivity index is 2.56. The summed E-state index contributed by atoms with van der Waals surface area (Å²) in [6.07, 6.45) is 3.29. The van der Waals surface area contributed by atoms with Gasteiger partial charge in [-0.3, -0.25) is 0 Å². The molecule has 1 aromatic rings. The summed E-state index contributed by atoms with van der Waals surface area (Å²) < 4.78 is 10.8. The van der Waals surface area contributed by atoms with E-state index in [4.69, 9.17) is 9.47 Å². The summed E-state index contributed by atoms with van der Waals surface area (Å²) in [4.78, 5) is 0.